The third-order valence-electron chi connectivity index (χ3n) is 2.53. The predicted molar refractivity (Wildman–Crippen MR) is 78.5 cm³/mol. The Hall–Kier alpha value is -1.35. The van der Waals surface area contributed by atoms with Crippen LogP contribution >= 0.6 is 0 Å². The minimum atomic E-state index is -0.0663. The van der Waals surface area contributed by atoms with Gasteiger partial charge in [0.05, 0.1) is 0 Å². The highest BCUT2D eigenvalue weighted by molar-refractivity contribution is 5.92. The average molecular weight is 250 g/mol. The molecule has 18 heavy (non-hydrogen) atoms. The summed E-state index contributed by atoms with van der Waals surface area (Å²) in [6, 6.07) is 0. The number of likely N-dealkylation sites (N-methyl/N-ethyl adjacent to an activating group) is 1. The van der Waals surface area contributed by atoms with Crippen LogP contribution in [0.2, 0.25) is 0 Å². The number of carbonyl (C=O) groups excluding carboxylic acids is 1. The molecular weight excluding hydrogens is 224 g/mol. The van der Waals surface area contributed by atoms with Crippen LogP contribution in [0.25, 0.3) is 0 Å². The number of rotatable bonds is 10. The highest BCUT2D eigenvalue weighted by Crippen LogP contribution is 1.96. The summed E-state index contributed by atoms with van der Waals surface area (Å²) < 4.78 is 0. The van der Waals surface area contributed by atoms with Gasteiger partial charge in [-0.15, -0.1) is 6.58 Å². The lowest BCUT2D eigenvalue weighted by molar-refractivity contribution is -0.117. The lowest BCUT2D eigenvalue weighted by Crippen LogP contribution is -2.33. The lowest BCUT2D eigenvalue weighted by atomic mass is 10.2. The van der Waals surface area contributed by atoms with E-state index in [1.165, 1.54) is 6.42 Å². The number of nitrogens with zero attached hydrogens (tertiary/aromatic N) is 1. The van der Waals surface area contributed by atoms with Crippen LogP contribution in [0.4, 0.5) is 0 Å². The largest absolute Gasteiger partial charge is 0.351 e. The van der Waals surface area contributed by atoms with Gasteiger partial charge in [-0.25, -0.2) is 0 Å². The van der Waals surface area contributed by atoms with Gasteiger partial charge in [-0.1, -0.05) is 24.8 Å². The fraction of sp³-hybridized carbons (Fsp3) is 0.533. The number of nitrogens with one attached hydrogen (secondary N) is 1. The van der Waals surface area contributed by atoms with Crippen molar-refractivity contribution in [1.82, 2.24) is 10.2 Å². The Labute approximate surface area is 111 Å². The molecule has 0 unspecified atom stereocenters. The molecule has 0 rings (SSSR count). The molecule has 3 heteroatoms. The van der Waals surface area contributed by atoms with E-state index in [1.54, 1.807) is 6.92 Å². The van der Waals surface area contributed by atoms with Gasteiger partial charge in [-0.05, 0) is 33.2 Å². The second-order valence-electron chi connectivity index (χ2n) is 4.49. The molecule has 0 aromatic heterocycles. The Morgan fingerprint density at radius 2 is 2.06 bits per heavy atom. The molecule has 0 aromatic carbocycles. The van der Waals surface area contributed by atoms with Gasteiger partial charge in [0.2, 0.25) is 5.91 Å². The average Bonchev–Trinajstić information content (AvgIpc) is 2.33. The van der Waals surface area contributed by atoms with E-state index in [2.05, 4.69) is 35.5 Å². The van der Waals surface area contributed by atoms with Crippen LogP contribution in [0, 0.1) is 0 Å². The van der Waals surface area contributed by atoms with Crippen molar-refractivity contribution >= 4 is 5.91 Å². The molecule has 0 spiro atoms. The van der Waals surface area contributed by atoms with Crippen molar-refractivity contribution in [3.63, 3.8) is 0 Å². The minimum absolute atomic E-state index is 0.0663. The van der Waals surface area contributed by atoms with E-state index in [4.69, 9.17) is 0 Å². The summed E-state index contributed by atoms with van der Waals surface area (Å²) in [5.41, 5.74) is 0.555. The molecule has 0 saturated carbocycles. The summed E-state index contributed by atoms with van der Waals surface area (Å²) in [4.78, 5) is 13.4. The number of amides is 1. The van der Waals surface area contributed by atoms with Crippen LogP contribution in [-0.2, 0) is 4.79 Å². The van der Waals surface area contributed by atoms with Crippen LogP contribution in [-0.4, -0.2) is 37.5 Å². The maximum absolute atomic E-state index is 11.2. The second-order valence-corrected chi connectivity index (χ2v) is 4.49. The van der Waals surface area contributed by atoms with Gasteiger partial charge in [0.15, 0.2) is 0 Å². The Morgan fingerprint density at radius 3 is 2.67 bits per heavy atom. The van der Waals surface area contributed by atoms with Crippen molar-refractivity contribution in [1.29, 1.82) is 0 Å². The molecule has 1 amide bonds. The Balaban J connectivity index is 3.53. The maximum Gasteiger partial charge on any atom is 0.246 e. The number of hydrogen-bond acceptors (Lipinski definition) is 2. The minimum Gasteiger partial charge on any atom is -0.351 e. The number of carbonyl (C=O) groups is 1. The van der Waals surface area contributed by atoms with E-state index in [0.717, 1.165) is 25.9 Å². The van der Waals surface area contributed by atoms with Gasteiger partial charge in [0.1, 0.15) is 0 Å². The van der Waals surface area contributed by atoms with Gasteiger partial charge in [-0.3, -0.25) is 4.79 Å². The molecule has 0 fully saturated rings. The van der Waals surface area contributed by atoms with E-state index < -0.39 is 0 Å². The molecule has 0 radical (unpaired) electrons. The zero-order chi connectivity index (χ0) is 13.8. The Kier molecular flexibility index (Phi) is 9.97. The van der Waals surface area contributed by atoms with Crippen LogP contribution in [0.1, 0.15) is 26.2 Å². The molecule has 0 aliphatic rings. The van der Waals surface area contributed by atoms with Gasteiger partial charge < -0.3 is 10.2 Å². The first kappa shape index (κ1) is 16.6. The molecule has 0 saturated heterocycles. The number of hydrogen-bond donors (Lipinski definition) is 1. The maximum atomic E-state index is 11.2. The van der Waals surface area contributed by atoms with E-state index in [9.17, 15) is 4.79 Å². The number of allylic oxidation sites excluding steroid dienone is 2. The first-order valence-electron chi connectivity index (χ1n) is 6.46. The fourth-order valence-corrected chi connectivity index (χ4v) is 1.35. The summed E-state index contributed by atoms with van der Waals surface area (Å²) in [5, 5.41) is 2.82. The van der Waals surface area contributed by atoms with Crippen LogP contribution in [0.3, 0.4) is 0 Å². The molecule has 3 nitrogen and oxygen atoms in total. The summed E-state index contributed by atoms with van der Waals surface area (Å²) >= 11 is 0. The second kappa shape index (κ2) is 10.8. The zero-order valence-corrected chi connectivity index (χ0v) is 11.7. The summed E-state index contributed by atoms with van der Waals surface area (Å²) in [5.74, 6) is -0.0663. The predicted octanol–water partition coefficient (Wildman–Crippen LogP) is 2.52. The van der Waals surface area contributed by atoms with E-state index >= 15 is 0 Å². The quantitative estimate of drug-likeness (QED) is 0.367. The first-order valence-corrected chi connectivity index (χ1v) is 6.46. The van der Waals surface area contributed by atoms with Gasteiger partial charge >= 0.3 is 0 Å². The summed E-state index contributed by atoms with van der Waals surface area (Å²) in [6.07, 6.45) is 9.66. The third-order valence-corrected chi connectivity index (χ3v) is 2.53. The normalized spacial score (nSPS) is 10.8. The van der Waals surface area contributed by atoms with Crippen molar-refractivity contribution in [2.75, 3.05) is 26.7 Å². The summed E-state index contributed by atoms with van der Waals surface area (Å²) in [6.45, 7) is 11.4. The molecule has 0 aliphatic heterocycles. The highest BCUT2D eigenvalue weighted by atomic mass is 16.1. The monoisotopic (exact) mass is 250 g/mol. The highest BCUT2D eigenvalue weighted by Gasteiger charge is 2.00. The van der Waals surface area contributed by atoms with Gasteiger partial charge in [0.25, 0.3) is 0 Å². The lowest BCUT2D eigenvalue weighted by Gasteiger charge is -2.14. The summed E-state index contributed by atoms with van der Waals surface area (Å²) in [7, 11) is 2.04. The smallest absolute Gasteiger partial charge is 0.246 e. The molecule has 0 atom stereocenters. The van der Waals surface area contributed by atoms with Crippen molar-refractivity contribution in [3.05, 3.63) is 37.0 Å². The third kappa shape index (κ3) is 9.85. The van der Waals surface area contributed by atoms with Crippen molar-refractivity contribution in [3.8, 4) is 0 Å². The molecule has 0 bridgehead atoms. The standard InChI is InChI=1S/C15H26N2O/c1-5-6-7-8-9-10-12-17(4)13-11-16-15(18)14(2)3/h5,9-10H,1-2,6-8,11-13H2,3-4H3,(H,16,18)/b10-9-. The molecule has 0 aliphatic carbocycles. The van der Waals surface area contributed by atoms with Crippen molar-refractivity contribution < 1.29 is 4.79 Å². The topological polar surface area (TPSA) is 32.3 Å². The molecule has 1 N–H and O–H groups in total. The van der Waals surface area contributed by atoms with E-state index in [1.807, 2.05) is 13.1 Å². The van der Waals surface area contributed by atoms with Crippen LogP contribution in [0.5, 0.6) is 0 Å². The molecule has 0 aromatic rings. The van der Waals surface area contributed by atoms with Crippen molar-refractivity contribution in [2.45, 2.75) is 26.2 Å². The fourth-order valence-electron chi connectivity index (χ4n) is 1.35. The van der Waals surface area contributed by atoms with Gasteiger partial charge in [-0.2, -0.15) is 0 Å². The van der Waals surface area contributed by atoms with E-state index in [0.29, 0.717) is 12.1 Å². The number of unbranched alkanes of at least 4 members (excludes halogenated alkanes) is 2. The molecule has 102 valence electrons. The van der Waals surface area contributed by atoms with Crippen molar-refractivity contribution in [2.24, 2.45) is 0 Å². The SMILES string of the molecule is C=CCCC/C=C\CN(C)CCNC(=O)C(=C)C. The van der Waals surface area contributed by atoms with Gasteiger partial charge in [0, 0.05) is 25.2 Å². The first-order chi connectivity index (χ1) is 8.57. The van der Waals surface area contributed by atoms with Crippen LogP contribution < -0.4 is 5.32 Å². The molecule has 0 heterocycles. The Bertz CT molecular complexity index is 295. The van der Waals surface area contributed by atoms with Crippen LogP contribution in [0.15, 0.2) is 37.0 Å². The Morgan fingerprint density at radius 1 is 1.33 bits per heavy atom. The zero-order valence-electron chi connectivity index (χ0n) is 11.7. The molecular formula is C15H26N2O. The van der Waals surface area contributed by atoms with E-state index in [-0.39, 0.29) is 5.91 Å².